The number of benzene rings is 1. The fourth-order valence-corrected chi connectivity index (χ4v) is 2.05. The molecule has 0 N–H and O–H groups in total. The lowest BCUT2D eigenvalue weighted by molar-refractivity contribution is 0.0915. The van der Waals surface area contributed by atoms with Crippen LogP contribution in [0.5, 0.6) is 0 Å². The number of hydrogen-bond acceptors (Lipinski definition) is 2. The van der Waals surface area contributed by atoms with Gasteiger partial charge in [-0.3, -0.25) is 9.69 Å². The number of halogens is 2. The minimum absolute atomic E-state index is 0. The minimum Gasteiger partial charge on any atom is -0.296 e. The topological polar surface area (TPSA) is 20.3 Å². The van der Waals surface area contributed by atoms with Gasteiger partial charge in [0.15, 0.2) is 5.78 Å². The summed E-state index contributed by atoms with van der Waals surface area (Å²) in [5.74, 6) is -0.212. The molecule has 1 aromatic rings. The Labute approximate surface area is 107 Å². The second-order valence-electron chi connectivity index (χ2n) is 4.27. The first-order valence-corrected chi connectivity index (χ1v) is 5.77. The molecule has 2 nitrogen and oxygen atoms in total. The molecule has 17 heavy (non-hydrogen) atoms. The van der Waals surface area contributed by atoms with Crippen molar-refractivity contribution in [3.05, 3.63) is 35.6 Å². The fraction of sp³-hybridized carbons (Fsp3) is 0.462. The summed E-state index contributed by atoms with van der Waals surface area (Å²) in [5, 5.41) is 0. The molecule has 1 fully saturated rings. The van der Waals surface area contributed by atoms with Crippen LogP contribution in [0.15, 0.2) is 24.3 Å². The van der Waals surface area contributed by atoms with Crippen LogP contribution in [0.25, 0.3) is 0 Å². The highest BCUT2D eigenvalue weighted by molar-refractivity contribution is 5.97. The van der Waals surface area contributed by atoms with Gasteiger partial charge in [-0.25, -0.2) is 4.39 Å². The molecule has 0 spiro atoms. The summed E-state index contributed by atoms with van der Waals surface area (Å²) < 4.78 is 12.7. The van der Waals surface area contributed by atoms with Gasteiger partial charge in [0.1, 0.15) is 5.82 Å². The van der Waals surface area contributed by atoms with Crippen LogP contribution in [-0.2, 0) is 0 Å². The van der Waals surface area contributed by atoms with Crippen LogP contribution in [-0.4, -0.2) is 30.3 Å². The molecule has 0 aromatic heterocycles. The molecule has 0 atom stereocenters. The molecule has 0 amide bonds. The molecule has 0 radical (unpaired) electrons. The molecule has 0 unspecified atom stereocenters. The number of hydrogen-bond donors (Lipinski definition) is 0. The van der Waals surface area contributed by atoms with Crippen LogP contribution in [0.4, 0.5) is 4.39 Å². The summed E-state index contributed by atoms with van der Waals surface area (Å²) >= 11 is 0. The van der Waals surface area contributed by atoms with Gasteiger partial charge in [-0.1, -0.05) is 6.42 Å². The third-order valence-electron chi connectivity index (χ3n) is 2.98. The van der Waals surface area contributed by atoms with Crippen LogP contribution in [0.1, 0.15) is 29.6 Å². The Bertz CT molecular complexity index is 360. The number of carbonyl (C=O) groups excluding carboxylic acids is 1. The van der Waals surface area contributed by atoms with Crippen LogP contribution in [0.2, 0.25) is 0 Å². The molecule has 0 bridgehead atoms. The maximum absolute atomic E-state index is 12.7. The molecule has 94 valence electrons. The van der Waals surface area contributed by atoms with Crippen LogP contribution < -0.4 is 0 Å². The molecule has 2 rings (SSSR count). The van der Waals surface area contributed by atoms with Crippen molar-refractivity contribution in [2.75, 3.05) is 19.6 Å². The van der Waals surface area contributed by atoms with E-state index in [2.05, 4.69) is 4.90 Å². The van der Waals surface area contributed by atoms with Crippen LogP contribution >= 0.6 is 12.4 Å². The molecule has 1 aliphatic rings. The predicted molar refractivity (Wildman–Crippen MR) is 68.3 cm³/mol. The lowest BCUT2D eigenvalue weighted by Gasteiger charge is -2.25. The first-order valence-electron chi connectivity index (χ1n) is 5.77. The number of ketones is 1. The molecule has 0 saturated carbocycles. The second-order valence-corrected chi connectivity index (χ2v) is 4.27. The number of nitrogens with zero attached hydrogens (tertiary/aromatic N) is 1. The number of piperidine rings is 1. The third kappa shape index (κ3) is 4.10. The van der Waals surface area contributed by atoms with E-state index in [-0.39, 0.29) is 24.0 Å². The quantitative estimate of drug-likeness (QED) is 0.776. The van der Waals surface area contributed by atoms with E-state index in [1.807, 2.05) is 0 Å². The Morgan fingerprint density at radius 2 is 1.71 bits per heavy atom. The van der Waals surface area contributed by atoms with E-state index in [9.17, 15) is 9.18 Å². The number of Topliss-reactive ketones (excluding diaryl/α,β-unsaturated/α-hetero) is 1. The fourth-order valence-electron chi connectivity index (χ4n) is 2.05. The summed E-state index contributed by atoms with van der Waals surface area (Å²) in [5.41, 5.74) is 0.604. The number of likely N-dealkylation sites (tertiary alicyclic amines) is 1. The maximum Gasteiger partial charge on any atom is 0.176 e. The van der Waals surface area contributed by atoms with Crippen LogP contribution in [0.3, 0.4) is 0 Å². The van der Waals surface area contributed by atoms with Crippen molar-refractivity contribution in [2.45, 2.75) is 19.3 Å². The van der Waals surface area contributed by atoms with E-state index in [1.54, 1.807) is 12.1 Å². The van der Waals surface area contributed by atoms with E-state index in [0.29, 0.717) is 12.1 Å². The molecular weight excluding hydrogens is 241 g/mol. The zero-order valence-electron chi connectivity index (χ0n) is 9.69. The molecule has 1 aliphatic heterocycles. The van der Waals surface area contributed by atoms with Gasteiger partial charge in [0.25, 0.3) is 0 Å². The monoisotopic (exact) mass is 257 g/mol. The van der Waals surface area contributed by atoms with Crippen molar-refractivity contribution in [3.63, 3.8) is 0 Å². The summed E-state index contributed by atoms with van der Waals surface area (Å²) in [4.78, 5) is 14.0. The second kappa shape index (κ2) is 6.72. The number of carbonyl (C=O) groups is 1. The van der Waals surface area contributed by atoms with Gasteiger partial charge in [-0.05, 0) is 50.2 Å². The smallest absolute Gasteiger partial charge is 0.176 e. The molecule has 1 saturated heterocycles. The van der Waals surface area contributed by atoms with E-state index in [1.165, 1.54) is 31.4 Å². The van der Waals surface area contributed by atoms with E-state index in [0.717, 1.165) is 13.1 Å². The van der Waals surface area contributed by atoms with Gasteiger partial charge >= 0.3 is 0 Å². The SMILES string of the molecule is Cl.O=C(CN1CCCCC1)c1ccc(F)cc1. The van der Waals surface area contributed by atoms with Gasteiger partial charge in [0, 0.05) is 5.56 Å². The lowest BCUT2D eigenvalue weighted by Crippen LogP contribution is -2.34. The lowest BCUT2D eigenvalue weighted by atomic mass is 10.1. The molecule has 4 heteroatoms. The normalized spacial score (nSPS) is 16.3. The Morgan fingerprint density at radius 3 is 2.29 bits per heavy atom. The van der Waals surface area contributed by atoms with Crippen molar-refractivity contribution < 1.29 is 9.18 Å². The maximum atomic E-state index is 12.7. The highest BCUT2D eigenvalue weighted by Crippen LogP contribution is 2.10. The van der Waals surface area contributed by atoms with E-state index >= 15 is 0 Å². The van der Waals surface area contributed by atoms with Crippen molar-refractivity contribution in [1.82, 2.24) is 4.90 Å². The zero-order valence-corrected chi connectivity index (χ0v) is 10.5. The zero-order chi connectivity index (χ0) is 11.4. The highest BCUT2D eigenvalue weighted by Gasteiger charge is 2.14. The van der Waals surface area contributed by atoms with E-state index < -0.39 is 0 Å². The third-order valence-corrected chi connectivity index (χ3v) is 2.98. The van der Waals surface area contributed by atoms with Crippen molar-refractivity contribution >= 4 is 18.2 Å². The Morgan fingerprint density at radius 1 is 1.12 bits per heavy atom. The summed E-state index contributed by atoms with van der Waals surface area (Å²) in [6.07, 6.45) is 3.62. The van der Waals surface area contributed by atoms with Gasteiger partial charge in [0.2, 0.25) is 0 Å². The van der Waals surface area contributed by atoms with Crippen molar-refractivity contribution in [3.8, 4) is 0 Å². The molecule has 0 aliphatic carbocycles. The minimum atomic E-state index is -0.297. The van der Waals surface area contributed by atoms with Crippen molar-refractivity contribution in [1.29, 1.82) is 0 Å². The first kappa shape index (κ1) is 14.1. The predicted octanol–water partition coefficient (Wildman–Crippen LogP) is 2.92. The Kier molecular flexibility index (Phi) is 5.59. The van der Waals surface area contributed by atoms with E-state index in [4.69, 9.17) is 0 Å². The summed E-state index contributed by atoms with van der Waals surface area (Å²) in [6, 6.07) is 5.79. The standard InChI is InChI=1S/C13H16FNO.ClH/c14-12-6-4-11(5-7-12)13(16)10-15-8-2-1-3-9-15;/h4-7H,1-3,8-10H2;1H. The number of rotatable bonds is 3. The van der Waals surface area contributed by atoms with Gasteiger partial charge in [-0.15, -0.1) is 12.4 Å². The largest absolute Gasteiger partial charge is 0.296 e. The Balaban J connectivity index is 0.00000144. The molecule has 1 heterocycles. The summed E-state index contributed by atoms with van der Waals surface area (Å²) in [7, 11) is 0. The van der Waals surface area contributed by atoms with Gasteiger partial charge in [-0.2, -0.15) is 0 Å². The molecule has 1 aromatic carbocycles. The highest BCUT2D eigenvalue weighted by atomic mass is 35.5. The average Bonchev–Trinajstić information content (AvgIpc) is 2.31. The summed E-state index contributed by atoms with van der Waals surface area (Å²) in [6.45, 7) is 2.48. The van der Waals surface area contributed by atoms with Crippen LogP contribution in [0, 0.1) is 5.82 Å². The Hall–Kier alpha value is -0.930. The van der Waals surface area contributed by atoms with Gasteiger partial charge < -0.3 is 0 Å². The molecular formula is C13H17ClFNO. The first-order chi connectivity index (χ1) is 7.75. The van der Waals surface area contributed by atoms with Crippen molar-refractivity contribution in [2.24, 2.45) is 0 Å². The average molecular weight is 258 g/mol. The van der Waals surface area contributed by atoms with Gasteiger partial charge in [0.05, 0.1) is 6.54 Å².